The lowest BCUT2D eigenvalue weighted by Gasteiger charge is -2.28. The lowest BCUT2D eigenvalue weighted by molar-refractivity contribution is -0.137. The van der Waals surface area contributed by atoms with Gasteiger partial charge in [0.2, 0.25) is 15.9 Å². The van der Waals surface area contributed by atoms with Crippen molar-refractivity contribution in [2.75, 3.05) is 6.54 Å². The van der Waals surface area contributed by atoms with Crippen molar-refractivity contribution in [3.8, 4) is 5.88 Å². The molecule has 1 N–H and O–H groups in total. The van der Waals surface area contributed by atoms with E-state index in [4.69, 9.17) is 0 Å². The number of sulfonamides is 1. The molecule has 1 aromatic carbocycles. The number of aromatic hydroxyl groups is 1. The molecule has 3 heterocycles. The Balaban J connectivity index is 1.74. The predicted octanol–water partition coefficient (Wildman–Crippen LogP) is 3.73. The second-order valence-electron chi connectivity index (χ2n) is 6.30. The van der Waals surface area contributed by atoms with Gasteiger partial charge in [0.25, 0.3) is 0 Å². The zero-order chi connectivity index (χ0) is 20.3. The minimum absolute atomic E-state index is 0.0193. The van der Waals surface area contributed by atoms with Crippen LogP contribution in [-0.2, 0) is 29.3 Å². The van der Waals surface area contributed by atoms with Crippen LogP contribution in [0.4, 0.5) is 13.2 Å². The second kappa shape index (κ2) is 6.46. The van der Waals surface area contributed by atoms with E-state index in [1.165, 1.54) is 4.31 Å². The number of benzene rings is 1. The van der Waals surface area contributed by atoms with Crippen molar-refractivity contribution in [2.45, 2.75) is 24.2 Å². The Morgan fingerprint density at radius 2 is 1.93 bits per heavy atom. The molecule has 4 rings (SSSR count). The summed E-state index contributed by atoms with van der Waals surface area (Å²) in [7, 11) is -4.06. The summed E-state index contributed by atoms with van der Waals surface area (Å²) in [5.41, 5.74) is 0.0864. The normalized spacial score (nSPS) is 15.7. The van der Waals surface area contributed by atoms with Gasteiger partial charge in [0.1, 0.15) is 0 Å². The highest BCUT2D eigenvalue weighted by atomic mass is 79.9. The molecule has 2 aromatic heterocycles. The first-order chi connectivity index (χ1) is 13.1. The Morgan fingerprint density at radius 3 is 2.61 bits per heavy atom. The van der Waals surface area contributed by atoms with Gasteiger partial charge in [0, 0.05) is 23.8 Å². The SMILES string of the molecule is O=S(=O)(c1ccc(C(F)(F)F)cc1Br)N1CCn2c(O)c3cccnc3c2C1. The topological polar surface area (TPSA) is 75.4 Å². The fourth-order valence-electron chi connectivity index (χ4n) is 3.31. The second-order valence-corrected chi connectivity index (χ2v) is 9.06. The molecule has 0 saturated carbocycles. The third-order valence-electron chi connectivity index (χ3n) is 4.68. The molecule has 148 valence electrons. The molecular weight excluding hydrogens is 463 g/mol. The number of hydrogen-bond acceptors (Lipinski definition) is 4. The van der Waals surface area contributed by atoms with Crippen LogP contribution in [0.3, 0.4) is 0 Å². The van der Waals surface area contributed by atoms with Crippen LogP contribution in [-0.4, -0.2) is 33.9 Å². The van der Waals surface area contributed by atoms with Crippen molar-refractivity contribution in [1.29, 1.82) is 0 Å². The minimum Gasteiger partial charge on any atom is -0.494 e. The Bertz CT molecular complexity index is 1190. The lowest BCUT2D eigenvalue weighted by Crippen LogP contribution is -2.38. The van der Waals surface area contributed by atoms with Gasteiger partial charge < -0.3 is 9.67 Å². The van der Waals surface area contributed by atoms with Gasteiger partial charge in [-0.15, -0.1) is 0 Å². The highest BCUT2D eigenvalue weighted by Gasteiger charge is 2.35. The van der Waals surface area contributed by atoms with Crippen LogP contribution in [0.5, 0.6) is 5.88 Å². The van der Waals surface area contributed by atoms with Crippen molar-refractivity contribution >= 4 is 36.9 Å². The van der Waals surface area contributed by atoms with E-state index in [0.29, 0.717) is 16.6 Å². The van der Waals surface area contributed by atoms with Crippen molar-refractivity contribution < 1.29 is 26.7 Å². The van der Waals surface area contributed by atoms with Gasteiger partial charge in [-0.2, -0.15) is 17.5 Å². The van der Waals surface area contributed by atoms with Crippen LogP contribution in [0.2, 0.25) is 0 Å². The van der Waals surface area contributed by atoms with Crippen LogP contribution in [0, 0.1) is 0 Å². The van der Waals surface area contributed by atoms with Crippen molar-refractivity contribution in [2.24, 2.45) is 0 Å². The molecule has 0 unspecified atom stereocenters. The molecule has 0 fully saturated rings. The van der Waals surface area contributed by atoms with Gasteiger partial charge >= 0.3 is 6.18 Å². The zero-order valence-corrected chi connectivity index (χ0v) is 16.5. The van der Waals surface area contributed by atoms with Crippen LogP contribution >= 0.6 is 15.9 Å². The molecule has 0 radical (unpaired) electrons. The Kier molecular flexibility index (Phi) is 4.43. The van der Waals surface area contributed by atoms with Crippen molar-refractivity contribution in [3.05, 3.63) is 52.3 Å². The highest BCUT2D eigenvalue weighted by molar-refractivity contribution is 9.10. The van der Waals surface area contributed by atoms with Crippen molar-refractivity contribution in [3.63, 3.8) is 0 Å². The van der Waals surface area contributed by atoms with E-state index in [2.05, 4.69) is 20.9 Å². The maximum absolute atomic E-state index is 13.0. The summed E-state index contributed by atoms with van der Waals surface area (Å²) in [6.45, 7) is 0.218. The fourth-order valence-corrected chi connectivity index (χ4v) is 5.74. The van der Waals surface area contributed by atoms with Crippen LogP contribution in [0.1, 0.15) is 11.3 Å². The molecule has 3 aromatic rings. The number of fused-ring (bicyclic) bond motifs is 3. The van der Waals surface area contributed by atoms with E-state index in [1.54, 1.807) is 22.9 Å². The molecular formula is C17H13BrF3N3O3S. The summed E-state index contributed by atoms with van der Waals surface area (Å²) in [5.74, 6) is 0.0193. The average Bonchev–Trinajstić information content (AvgIpc) is 2.93. The van der Waals surface area contributed by atoms with Gasteiger partial charge in [0.05, 0.1) is 33.6 Å². The molecule has 28 heavy (non-hydrogen) atoms. The highest BCUT2D eigenvalue weighted by Crippen LogP contribution is 2.37. The zero-order valence-electron chi connectivity index (χ0n) is 14.1. The van der Waals surface area contributed by atoms with Crippen LogP contribution in [0.25, 0.3) is 10.9 Å². The standard InChI is InChI=1S/C17H13BrF3N3O3S/c18-12-8-10(17(19,20)21)3-4-14(12)28(26,27)23-6-7-24-13(9-23)15-11(16(24)25)2-1-5-22-15/h1-5,8,25H,6-7,9H2. The quantitative estimate of drug-likeness (QED) is 0.612. The number of aromatic nitrogens is 2. The van der Waals surface area contributed by atoms with Gasteiger partial charge in [-0.3, -0.25) is 4.98 Å². The van der Waals surface area contributed by atoms with Gasteiger partial charge in [-0.05, 0) is 46.3 Å². The average molecular weight is 476 g/mol. The third kappa shape index (κ3) is 2.97. The van der Waals surface area contributed by atoms with Gasteiger partial charge in [0.15, 0.2) is 0 Å². The number of alkyl halides is 3. The first kappa shape index (κ1) is 19.2. The van der Waals surface area contributed by atoms with Crippen molar-refractivity contribution in [1.82, 2.24) is 13.9 Å². The van der Waals surface area contributed by atoms with E-state index >= 15 is 0 Å². The maximum Gasteiger partial charge on any atom is 0.416 e. The third-order valence-corrected chi connectivity index (χ3v) is 7.50. The molecule has 6 nitrogen and oxygen atoms in total. The number of rotatable bonds is 2. The first-order valence-corrected chi connectivity index (χ1v) is 10.4. The first-order valence-electron chi connectivity index (χ1n) is 8.12. The maximum atomic E-state index is 13.0. The smallest absolute Gasteiger partial charge is 0.416 e. The van der Waals surface area contributed by atoms with E-state index in [1.807, 2.05) is 0 Å². The molecule has 11 heteroatoms. The number of nitrogens with zero attached hydrogens (tertiary/aromatic N) is 3. The summed E-state index contributed by atoms with van der Waals surface area (Å²) < 4.78 is 67.3. The number of hydrogen-bond donors (Lipinski definition) is 1. The summed E-state index contributed by atoms with van der Waals surface area (Å²) in [5, 5.41) is 10.9. The molecule has 1 aliphatic rings. The molecule has 0 amide bonds. The monoisotopic (exact) mass is 475 g/mol. The predicted molar refractivity (Wildman–Crippen MR) is 98.1 cm³/mol. The van der Waals surface area contributed by atoms with E-state index in [-0.39, 0.29) is 34.9 Å². The van der Waals surface area contributed by atoms with E-state index in [9.17, 15) is 26.7 Å². The molecule has 0 saturated heterocycles. The minimum atomic E-state index is -4.57. The van der Waals surface area contributed by atoms with Crippen LogP contribution in [0.15, 0.2) is 45.9 Å². The Labute approximate surface area is 166 Å². The number of halogens is 4. The van der Waals surface area contributed by atoms with Crippen LogP contribution < -0.4 is 0 Å². The summed E-state index contributed by atoms with van der Waals surface area (Å²) in [4.78, 5) is 3.98. The van der Waals surface area contributed by atoms with Gasteiger partial charge in [-0.1, -0.05) is 0 Å². The van der Waals surface area contributed by atoms with E-state index < -0.39 is 21.8 Å². The van der Waals surface area contributed by atoms with Gasteiger partial charge in [-0.25, -0.2) is 8.42 Å². The Hall–Kier alpha value is -2.11. The Morgan fingerprint density at radius 1 is 1.18 bits per heavy atom. The molecule has 0 spiro atoms. The largest absolute Gasteiger partial charge is 0.494 e. The summed E-state index contributed by atoms with van der Waals surface area (Å²) in [6, 6.07) is 5.80. The fraction of sp³-hybridized carbons (Fsp3) is 0.235. The lowest BCUT2D eigenvalue weighted by atomic mass is 10.2. The van der Waals surface area contributed by atoms with E-state index in [0.717, 1.165) is 18.2 Å². The summed E-state index contributed by atoms with van der Waals surface area (Å²) >= 11 is 2.95. The molecule has 0 atom stereocenters. The molecule has 0 bridgehead atoms. The molecule has 1 aliphatic heterocycles. The summed E-state index contributed by atoms with van der Waals surface area (Å²) in [6.07, 6.45) is -3.03. The molecule has 0 aliphatic carbocycles. The number of pyridine rings is 1.